The summed E-state index contributed by atoms with van der Waals surface area (Å²) in [6, 6.07) is 6.64. The Balaban J connectivity index is 1.38. The van der Waals surface area contributed by atoms with Crippen LogP contribution in [-0.2, 0) is 19.0 Å². The van der Waals surface area contributed by atoms with Gasteiger partial charge in [-0.05, 0) is 30.9 Å². The number of anilines is 1. The molecule has 1 saturated heterocycles. The summed E-state index contributed by atoms with van der Waals surface area (Å²) < 4.78 is 30.3. The Morgan fingerprint density at radius 3 is 2.57 bits per heavy atom. The summed E-state index contributed by atoms with van der Waals surface area (Å²) >= 11 is 0. The van der Waals surface area contributed by atoms with Crippen LogP contribution in [0, 0.1) is 23.6 Å². The van der Waals surface area contributed by atoms with E-state index in [-0.39, 0.29) is 23.6 Å². The first kappa shape index (κ1) is 20.5. The standard InChI is InChI=1S/C22H27FN2O5/c1-14-7-8-15-16(20(26)28-2)13-29-21(19(14)15)30-22(27)25-11-9-24(10-12-25)18-6-4-3-5-17(18)23/h3-6,13-15,19,21H,7-12H2,1-2H3. The maximum absolute atomic E-state index is 14.0. The van der Waals surface area contributed by atoms with Crippen LogP contribution < -0.4 is 4.90 Å². The number of para-hydroxylation sites is 1. The number of hydrogen-bond donors (Lipinski definition) is 0. The van der Waals surface area contributed by atoms with Crippen molar-refractivity contribution >= 4 is 17.7 Å². The Hall–Kier alpha value is -2.77. The number of esters is 1. The molecule has 4 unspecified atom stereocenters. The van der Waals surface area contributed by atoms with E-state index < -0.39 is 18.4 Å². The van der Waals surface area contributed by atoms with Gasteiger partial charge in [0, 0.05) is 38.0 Å². The van der Waals surface area contributed by atoms with Gasteiger partial charge < -0.3 is 24.0 Å². The summed E-state index contributed by atoms with van der Waals surface area (Å²) in [6.45, 7) is 4.01. The summed E-state index contributed by atoms with van der Waals surface area (Å²) in [7, 11) is 1.35. The molecule has 4 rings (SSSR count). The molecule has 1 aromatic carbocycles. The molecule has 1 saturated carbocycles. The third kappa shape index (κ3) is 3.82. The zero-order valence-electron chi connectivity index (χ0n) is 17.3. The highest BCUT2D eigenvalue weighted by molar-refractivity contribution is 5.89. The van der Waals surface area contributed by atoms with E-state index in [1.165, 1.54) is 19.4 Å². The molecular formula is C22H27FN2O5. The van der Waals surface area contributed by atoms with Crippen molar-refractivity contribution in [2.24, 2.45) is 17.8 Å². The number of benzene rings is 1. The number of methoxy groups -OCH3 is 1. The number of amides is 1. The van der Waals surface area contributed by atoms with E-state index in [0.29, 0.717) is 37.4 Å². The maximum atomic E-state index is 14.0. The second-order valence-corrected chi connectivity index (χ2v) is 8.12. The first-order valence-electron chi connectivity index (χ1n) is 10.4. The predicted molar refractivity (Wildman–Crippen MR) is 107 cm³/mol. The van der Waals surface area contributed by atoms with Crippen molar-refractivity contribution < 1.29 is 28.2 Å². The van der Waals surface area contributed by atoms with Gasteiger partial charge in [0.05, 0.1) is 24.6 Å². The minimum absolute atomic E-state index is 0.0306. The van der Waals surface area contributed by atoms with Gasteiger partial charge in [-0.1, -0.05) is 19.1 Å². The van der Waals surface area contributed by atoms with Gasteiger partial charge in [0.1, 0.15) is 5.82 Å². The van der Waals surface area contributed by atoms with Crippen molar-refractivity contribution in [2.45, 2.75) is 26.1 Å². The van der Waals surface area contributed by atoms with Crippen molar-refractivity contribution in [3.05, 3.63) is 41.9 Å². The Morgan fingerprint density at radius 1 is 1.13 bits per heavy atom. The lowest BCUT2D eigenvalue weighted by Gasteiger charge is -2.38. The van der Waals surface area contributed by atoms with Gasteiger partial charge in [0.2, 0.25) is 6.29 Å². The molecule has 162 valence electrons. The van der Waals surface area contributed by atoms with E-state index in [2.05, 4.69) is 6.92 Å². The van der Waals surface area contributed by atoms with Crippen LogP contribution in [-0.4, -0.2) is 56.5 Å². The van der Waals surface area contributed by atoms with Crippen molar-refractivity contribution in [1.82, 2.24) is 4.90 Å². The van der Waals surface area contributed by atoms with E-state index >= 15 is 0 Å². The van der Waals surface area contributed by atoms with Crippen LogP contribution >= 0.6 is 0 Å². The third-order valence-corrected chi connectivity index (χ3v) is 6.47. The lowest BCUT2D eigenvalue weighted by atomic mass is 9.83. The third-order valence-electron chi connectivity index (χ3n) is 6.47. The largest absolute Gasteiger partial charge is 0.466 e. The Morgan fingerprint density at radius 2 is 1.87 bits per heavy atom. The van der Waals surface area contributed by atoms with Crippen LogP contribution in [0.2, 0.25) is 0 Å². The number of carbonyl (C=O) groups excluding carboxylic acids is 2. The average molecular weight is 418 g/mol. The number of piperazine rings is 1. The normalized spacial score (nSPS) is 28.3. The number of fused-ring (bicyclic) bond motifs is 1. The molecule has 3 aliphatic rings. The molecule has 0 bridgehead atoms. The molecule has 2 heterocycles. The van der Waals surface area contributed by atoms with E-state index in [1.807, 2.05) is 4.90 Å². The lowest BCUT2D eigenvalue weighted by molar-refractivity contribution is -0.147. The Kier molecular flexibility index (Phi) is 5.83. The van der Waals surface area contributed by atoms with E-state index in [9.17, 15) is 14.0 Å². The molecule has 0 spiro atoms. The van der Waals surface area contributed by atoms with Crippen LogP contribution in [0.5, 0.6) is 0 Å². The van der Waals surface area contributed by atoms with Crippen LogP contribution in [0.1, 0.15) is 19.8 Å². The quantitative estimate of drug-likeness (QED) is 0.703. The zero-order valence-corrected chi connectivity index (χ0v) is 17.3. The molecular weight excluding hydrogens is 391 g/mol. The number of nitrogens with zero attached hydrogens (tertiary/aromatic N) is 2. The van der Waals surface area contributed by atoms with Gasteiger partial charge in [-0.25, -0.2) is 14.0 Å². The average Bonchev–Trinajstić information content (AvgIpc) is 3.16. The fourth-order valence-electron chi connectivity index (χ4n) is 4.80. The fourth-order valence-corrected chi connectivity index (χ4v) is 4.80. The highest BCUT2D eigenvalue weighted by Gasteiger charge is 2.48. The minimum Gasteiger partial charge on any atom is -0.466 e. The highest BCUT2D eigenvalue weighted by Crippen LogP contribution is 2.47. The van der Waals surface area contributed by atoms with Gasteiger partial charge in [0.25, 0.3) is 0 Å². The van der Waals surface area contributed by atoms with Gasteiger partial charge in [-0.3, -0.25) is 0 Å². The minimum atomic E-state index is -0.724. The van der Waals surface area contributed by atoms with Crippen LogP contribution in [0.25, 0.3) is 0 Å². The summed E-state index contributed by atoms with van der Waals surface area (Å²) in [5.41, 5.74) is 1.06. The Bertz CT molecular complexity index is 837. The second kappa shape index (κ2) is 8.53. The van der Waals surface area contributed by atoms with E-state index in [1.54, 1.807) is 23.1 Å². The van der Waals surface area contributed by atoms with Crippen molar-refractivity contribution in [3.8, 4) is 0 Å². The van der Waals surface area contributed by atoms with Gasteiger partial charge in [-0.2, -0.15) is 0 Å². The molecule has 8 heteroatoms. The molecule has 0 N–H and O–H groups in total. The molecule has 30 heavy (non-hydrogen) atoms. The first-order chi connectivity index (χ1) is 14.5. The van der Waals surface area contributed by atoms with Gasteiger partial charge >= 0.3 is 12.1 Å². The molecule has 1 amide bonds. The monoisotopic (exact) mass is 418 g/mol. The number of rotatable bonds is 3. The van der Waals surface area contributed by atoms with E-state index in [4.69, 9.17) is 14.2 Å². The molecule has 7 nitrogen and oxygen atoms in total. The summed E-state index contributed by atoms with van der Waals surface area (Å²) in [4.78, 5) is 28.4. The second-order valence-electron chi connectivity index (χ2n) is 8.12. The summed E-state index contributed by atoms with van der Waals surface area (Å²) in [5.74, 6) is -0.504. The van der Waals surface area contributed by atoms with Crippen molar-refractivity contribution in [3.63, 3.8) is 0 Å². The fraction of sp³-hybridized carbons (Fsp3) is 0.545. The Labute approximate surface area is 175 Å². The van der Waals surface area contributed by atoms with Gasteiger partial charge in [0.15, 0.2) is 0 Å². The molecule has 0 aromatic heterocycles. The zero-order chi connectivity index (χ0) is 21.3. The number of halogens is 1. The smallest absolute Gasteiger partial charge is 0.412 e. The van der Waals surface area contributed by atoms with Crippen LogP contribution in [0.3, 0.4) is 0 Å². The number of carbonyl (C=O) groups is 2. The maximum Gasteiger partial charge on any atom is 0.412 e. The highest BCUT2D eigenvalue weighted by atomic mass is 19.1. The molecule has 0 radical (unpaired) electrons. The van der Waals surface area contributed by atoms with E-state index in [0.717, 1.165) is 12.8 Å². The summed E-state index contributed by atoms with van der Waals surface area (Å²) in [5, 5.41) is 0. The lowest BCUT2D eigenvalue weighted by Crippen LogP contribution is -2.50. The molecule has 1 aliphatic carbocycles. The van der Waals surface area contributed by atoms with Crippen molar-refractivity contribution in [1.29, 1.82) is 0 Å². The number of hydrogen-bond acceptors (Lipinski definition) is 6. The summed E-state index contributed by atoms with van der Waals surface area (Å²) in [6.07, 6.45) is 1.99. The van der Waals surface area contributed by atoms with Crippen LogP contribution in [0.4, 0.5) is 14.9 Å². The SMILES string of the molecule is COC(=O)C1=COC(OC(=O)N2CCN(c3ccccc3F)CC2)C2C(C)CCC12. The van der Waals surface area contributed by atoms with Crippen molar-refractivity contribution in [2.75, 3.05) is 38.2 Å². The predicted octanol–water partition coefficient (Wildman–Crippen LogP) is 3.16. The molecule has 4 atom stereocenters. The molecule has 2 aliphatic heterocycles. The first-order valence-corrected chi connectivity index (χ1v) is 10.4. The topological polar surface area (TPSA) is 68.3 Å². The molecule has 2 fully saturated rings. The van der Waals surface area contributed by atoms with Gasteiger partial charge in [-0.15, -0.1) is 0 Å². The molecule has 1 aromatic rings. The number of ether oxygens (including phenoxy) is 3. The van der Waals surface area contributed by atoms with Crippen LogP contribution in [0.15, 0.2) is 36.1 Å².